The molecule has 9 nitrogen and oxygen atoms in total. The monoisotopic (exact) mass is 351 g/mol. The molecule has 11 heteroatoms. The maximum Gasteiger partial charge on any atom is 0.266 e. The molecule has 0 saturated carbocycles. The van der Waals surface area contributed by atoms with Gasteiger partial charge in [0.15, 0.2) is 11.3 Å². The summed E-state index contributed by atoms with van der Waals surface area (Å²) >= 11 is 1.24. The van der Waals surface area contributed by atoms with Crippen molar-refractivity contribution in [1.82, 2.24) is 4.98 Å². The van der Waals surface area contributed by atoms with Crippen molar-refractivity contribution >= 4 is 32.2 Å². The molecule has 0 spiro atoms. The SMILES string of the molecule is Nc1ccc(S(=O)(=O)N(CCC2N=NN=N2)c2nccs2)cc1. The van der Waals surface area contributed by atoms with Gasteiger partial charge in [0.05, 0.1) is 4.90 Å². The van der Waals surface area contributed by atoms with Gasteiger partial charge in [0.2, 0.25) is 0 Å². The van der Waals surface area contributed by atoms with E-state index in [1.54, 1.807) is 23.7 Å². The second kappa shape index (κ2) is 6.38. The van der Waals surface area contributed by atoms with Gasteiger partial charge < -0.3 is 5.73 Å². The van der Waals surface area contributed by atoms with Crippen LogP contribution in [-0.2, 0) is 10.0 Å². The first-order valence-electron chi connectivity index (χ1n) is 6.65. The predicted molar refractivity (Wildman–Crippen MR) is 85.6 cm³/mol. The van der Waals surface area contributed by atoms with Gasteiger partial charge in [-0.05, 0) is 34.7 Å². The summed E-state index contributed by atoms with van der Waals surface area (Å²) in [6.07, 6.45) is 1.46. The van der Waals surface area contributed by atoms with Crippen molar-refractivity contribution in [3.63, 3.8) is 0 Å². The Labute approximate surface area is 136 Å². The van der Waals surface area contributed by atoms with Gasteiger partial charge in [-0.15, -0.1) is 21.6 Å². The normalized spacial score (nSPS) is 14.4. The third-order valence-corrected chi connectivity index (χ3v) is 5.81. The molecule has 23 heavy (non-hydrogen) atoms. The fourth-order valence-corrected chi connectivity index (χ4v) is 4.29. The molecule has 1 aliphatic rings. The minimum atomic E-state index is -3.75. The van der Waals surface area contributed by atoms with Crippen molar-refractivity contribution in [2.24, 2.45) is 20.7 Å². The summed E-state index contributed by atoms with van der Waals surface area (Å²) in [5.41, 5.74) is 6.11. The predicted octanol–water partition coefficient (Wildman–Crippen LogP) is 2.47. The molecule has 0 unspecified atom stereocenters. The van der Waals surface area contributed by atoms with Crippen LogP contribution in [0, 0.1) is 0 Å². The van der Waals surface area contributed by atoms with Crippen LogP contribution in [0.2, 0.25) is 0 Å². The Morgan fingerprint density at radius 3 is 2.48 bits per heavy atom. The van der Waals surface area contributed by atoms with Crippen LogP contribution in [0.3, 0.4) is 0 Å². The zero-order valence-electron chi connectivity index (χ0n) is 11.8. The molecule has 2 N–H and O–H groups in total. The fraction of sp³-hybridized carbons (Fsp3) is 0.250. The Kier molecular flexibility index (Phi) is 4.30. The van der Waals surface area contributed by atoms with Gasteiger partial charge in [-0.3, -0.25) is 0 Å². The van der Waals surface area contributed by atoms with Gasteiger partial charge in [-0.25, -0.2) is 17.7 Å². The highest BCUT2D eigenvalue weighted by Crippen LogP contribution is 2.27. The lowest BCUT2D eigenvalue weighted by Gasteiger charge is -2.22. The van der Waals surface area contributed by atoms with Crippen LogP contribution in [-0.4, -0.2) is 26.1 Å². The number of nitrogen functional groups attached to an aromatic ring is 1. The Bertz CT molecular complexity index is 804. The molecule has 1 aromatic carbocycles. The average Bonchev–Trinajstić information content (AvgIpc) is 3.21. The summed E-state index contributed by atoms with van der Waals surface area (Å²) in [4.78, 5) is 4.25. The highest BCUT2D eigenvalue weighted by Gasteiger charge is 2.27. The van der Waals surface area contributed by atoms with Gasteiger partial charge in [0.1, 0.15) is 0 Å². The number of rotatable bonds is 6. The molecular weight excluding hydrogens is 338 g/mol. The molecule has 0 saturated heterocycles. The Morgan fingerprint density at radius 1 is 1.17 bits per heavy atom. The topological polar surface area (TPSA) is 126 Å². The molecule has 2 aromatic rings. The molecule has 0 amide bonds. The van der Waals surface area contributed by atoms with Gasteiger partial charge >= 0.3 is 0 Å². The van der Waals surface area contributed by atoms with E-state index in [1.807, 2.05) is 0 Å². The molecule has 1 aromatic heterocycles. The van der Waals surface area contributed by atoms with Crippen molar-refractivity contribution in [2.45, 2.75) is 17.5 Å². The third kappa shape index (κ3) is 3.35. The largest absolute Gasteiger partial charge is 0.399 e. The van der Waals surface area contributed by atoms with Crippen LogP contribution in [0.1, 0.15) is 6.42 Å². The number of hydrogen-bond acceptors (Lipinski definition) is 9. The van der Waals surface area contributed by atoms with Crippen LogP contribution in [0.25, 0.3) is 0 Å². The average molecular weight is 351 g/mol. The van der Waals surface area contributed by atoms with E-state index in [9.17, 15) is 8.42 Å². The number of anilines is 2. The minimum Gasteiger partial charge on any atom is -0.399 e. The van der Waals surface area contributed by atoms with Crippen molar-refractivity contribution < 1.29 is 8.42 Å². The molecule has 120 valence electrons. The summed E-state index contributed by atoms with van der Waals surface area (Å²) in [6, 6.07) is 6.04. The Hall–Kier alpha value is -2.40. The van der Waals surface area contributed by atoms with E-state index in [1.165, 1.54) is 27.8 Å². The summed E-state index contributed by atoms with van der Waals surface area (Å²) < 4.78 is 27.0. The van der Waals surface area contributed by atoms with Crippen molar-refractivity contribution in [3.05, 3.63) is 35.8 Å². The maximum absolute atomic E-state index is 12.9. The van der Waals surface area contributed by atoms with Crippen LogP contribution >= 0.6 is 11.3 Å². The Balaban J connectivity index is 1.89. The lowest BCUT2D eigenvalue weighted by molar-refractivity contribution is 0.581. The number of hydrogen-bond donors (Lipinski definition) is 1. The summed E-state index contributed by atoms with van der Waals surface area (Å²) in [6.45, 7) is 0.170. The first kappa shape index (κ1) is 15.5. The van der Waals surface area contributed by atoms with Crippen LogP contribution in [0.15, 0.2) is 61.4 Å². The highest BCUT2D eigenvalue weighted by molar-refractivity contribution is 7.93. The van der Waals surface area contributed by atoms with E-state index >= 15 is 0 Å². The molecule has 0 bridgehead atoms. The van der Waals surface area contributed by atoms with Gasteiger partial charge in [-0.1, -0.05) is 0 Å². The molecule has 0 aliphatic carbocycles. The molecule has 3 rings (SSSR count). The fourth-order valence-electron chi connectivity index (χ4n) is 1.96. The minimum absolute atomic E-state index is 0.150. The van der Waals surface area contributed by atoms with E-state index < -0.39 is 16.2 Å². The second-order valence-corrected chi connectivity index (χ2v) is 7.38. The number of benzene rings is 1. The van der Waals surface area contributed by atoms with Gasteiger partial charge in [0.25, 0.3) is 10.0 Å². The first-order chi connectivity index (χ1) is 11.1. The summed E-state index contributed by atoms with van der Waals surface area (Å²) in [5, 5.41) is 16.5. The summed E-state index contributed by atoms with van der Waals surface area (Å²) in [5.74, 6) is 0. The lowest BCUT2D eigenvalue weighted by Crippen LogP contribution is -2.33. The third-order valence-electron chi connectivity index (χ3n) is 3.10. The van der Waals surface area contributed by atoms with Gasteiger partial charge in [0, 0.05) is 30.2 Å². The molecule has 0 fully saturated rings. The highest BCUT2D eigenvalue weighted by atomic mass is 32.2. The van der Waals surface area contributed by atoms with E-state index in [2.05, 4.69) is 25.7 Å². The van der Waals surface area contributed by atoms with Crippen LogP contribution < -0.4 is 10.0 Å². The molecular formula is C12H13N7O2S2. The van der Waals surface area contributed by atoms with Crippen molar-refractivity contribution in [3.8, 4) is 0 Å². The lowest BCUT2D eigenvalue weighted by atomic mass is 10.3. The van der Waals surface area contributed by atoms with Crippen LogP contribution in [0.5, 0.6) is 0 Å². The van der Waals surface area contributed by atoms with E-state index in [0.29, 0.717) is 17.2 Å². The van der Waals surface area contributed by atoms with Crippen molar-refractivity contribution in [2.75, 3.05) is 16.6 Å². The van der Waals surface area contributed by atoms with Gasteiger partial charge in [-0.2, -0.15) is 0 Å². The number of thiazole rings is 1. The number of aromatic nitrogens is 1. The first-order valence-corrected chi connectivity index (χ1v) is 8.97. The quantitative estimate of drug-likeness (QED) is 0.802. The zero-order valence-corrected chi connectivity index (χ0v) is 13.5. The number of sulfonamides is 1. The summed E-state index contributed by atoms with van der Waals surface area (Å²) in [7, 11) is -3.75. The van der Waals surface area contributed by atoms with Crippen molar-refractivity contribution in [1.29, 1.82) is 0 Å². The molecule has 0 radical (unpaired) electrons. The maximum atomic E-state index is 12.9. The smallest absolute Gasteiger partial charge is 0.266 e. The Morgan fingerprint density at radius 2 is 1.87 bits per heavy atom. The number of nitrogens with two attached hydrogens (primary N) is 1. The molecule has 2 heterocycles. The molecule has 0 atom stereocenters. The second-order valence-electron chi connectivity index (χ2n) is 4.64. The van der Waals surface area contributed by atoms with E-state index in [4.69, 9.17) is 5.73 Å². The molecule has 1 aliphatic heterocycles. The number of nitrogens with zero attached hydrogens (tertiary/aromatic N) is 6. The zero-order chi connectivity index (χ0) is 16.3. The van der Waals surface area contributed by atoms with E-state index in [0.717, 1.165) is 0 Å². The van der Waals surface area contributed by atoms with Crippen LogP contribution in [0.4, 0.5) is 10.8 Å². The standard InChI is InChI=1S/C12H13N7O2S2/c13-9-1-3-10(4-2-9)23(20,21)19(12-14-6-8-22-12)7-5-11-15-17-18-16-11/h1-4,6,8,11H,5,7,13H2. The van der Waals surface area contributed by atoms with E-state index in [-0.39, 0.29) is 11.4 Å².